The lowest BCUT2D eigenvalue weighted by Crippen LogP contribution is -2.41. The monoisotopic (exact) mass is 309 g/mol. The summed E-state index contributed by atoms with van der Waals surface area (Å²) in [6.07, 6.45) is -4.60. The predicted octanol–water partition coefficient (Wildman–Crippen LogP) is 1.22. The Labute approximate surface area is 117 Å². The molecule has 1 amide bonds. The molecule has 5 nitrogen and oxygen atoms in total. The first-order chi connectivity index (χ1) is 9.48. The lowest BCUT2D eigenvalue weighted by atomic mass is 10.3. The molecule has 0 aliphatic carbocycles. The Kier molecular flexibility index (Phi) is 4.95. The van der Waals surface area contributed by atoms with Crippen molar-refractivity contribution in [2.24, 2.45) is 0 Å². The lowest BCUT2D eigenvalue weighted by molar-refractivity contribution is -0.141. The van der Waals surface area contributed by atoms with E-state index in [2.05, 4.69) is 15.2 Å². The minimum atomic E-state index is -4.60. The minimum absolute atomic E-state index is 0.300. The Hall–Kier alpha value is -1.19. The number of hydrogen-bond acceptors (Lipinski definition) is 5. The fraction of sp³-hybridized carbons (Fsp3) is 0.636. The molecule has 0 radical (unpaired) electrons. The van der Waals surface area contributed by atoms with Crippen LogP contribution < -0.4 is 5.32 Å². The lowest BCUT2D eigenvalue weighted by Gasteiger charge is -2.26. The van der Waals surface area contributed by atoms with Crippen molar-refractivity contribution in [3.05, 3.63) is 16.1 Å². The summed E-state index contributed by atoms with van der Waals surface area (Å²) in [5, 5.41) is 2.49. The van der Waals surface area contributed by atoms with Crippen LogP contribution in [0.1, 0.15) is 15.4 Å². The Balaban J connectivity index is 1.84. The summed E-state index contributed by atoms with van der Waals surface area (Å²) >= 11 is 0.694. The van der Waals surface area contributed by atoms with Crippen molar-refractivity contribution in [1.29, 1.82) is 0 Å². The molecule has 112 valence electrons. The maximum Gasteiger partial charge on any atom is 0.434 e. The molecular weight excluding hydrogens is 295 g/mol. The topological polar surface area (TPSA) is 54.5 Å². The average Bonchev–Trinajstić information content (AvgIpc) is 2.89. The molecule has 2 heterocycles. The van der Waals surface area contributed by atoms with E-state index >= 15 is 0 Å². The highest BCUT2D eigenvalue weighted by Crippen LogP contribution is 2.32. The van der Waals surface area contributed by atoms with Gasteiger partial charge in [-0.2, -0.15) is 13.2 Å². The number of nitrogens with one attached hydrogen (secondary N) is 1. The molecule has 20 heavy (non-hydrogen) atoms. The number of aromatic nitrogens is 1. The summed E-state index contributed by atoms with van der Waals surface area (Å²) < 4.78 is 43.0. The number of nitrogens with zero attached hydrogens (tertiary/aromatic N) is 2. The van der Waals surface area contributed by atoms with E-state index in [0.717, 1.165) is 18.6 Å². The van der Waals surface area contributed by atoms with Crippen LogP contribution in [0.25, 0.3) is 0 Å². The van der Waals surface area contributed by atoms with Gasteiger partial charge in [0.05, 0.1) is 18.7 Å². The molecule has 0 aromatic carbocycles. The molecule has 1 saturated heterocycles. The second-order valence-electron chi connectivity index (χ2n) is 4.24. The molecule has 0 atom stereocenters. The van der Waals surface area contributed by atoms with Crippen molar-refractivity contribution in [2.45, 2.75) is 6.18 Å². The quantitative estimate of drug-likeness (QED) is 0.909. The second kappa shape index (κ2) is 6.51. The summed E-state index contributed by atoms with van der Waals surface area (Å²) in [6, 6.07) is 0. The second-order valence-corrected chi connectivity index (χ2v) is 5.09. The molecule has 1 aromatic rings. The van der Waals surface area contributed by atoms with E-state index in [-0.39, 0.29) is 4.88 Å². The molecule has 1 aliphatic heterocycles. The number of ether oxygens (including phenoxy) is 1. The Bertz CT molecular complexity index is 458. The summed E-state index contributed by atoms with van der Waals surface area (Å²) in [7, 11) is 0. The van der Waals surface area contributed by atoms with Crippen molar-refractivity contribution in [2.75, 3.05) is 39.4 Å². The SMILES string of the molecule is O=C(NCCN1CCOCC1)c1scnc1C(F)(F)F. The van der Waals surface area contributed by atoms with Crippen LogP contribution in [0.15, 0.2) is 5.51 Å². The van der Waals surface area contributed by atoms with Crippen LogP contribution in [-0.2, 0) is 10.9 Å². The van der Waals surface area contributed by atoms with E-state index in [1.54, 1.807) is 0 Å². The number of rotatable bonds is 4. The smallest absolute Gasteiger partial charge is 0.379 e. The highest BCUT2D eigenvalue weighted by Gasteiger charge is 2.38. The maximum atomic E-state index is 12.6. The first-order valence-electron chi connectivity index (χ1n) is 6.07. The third kappa shape index (κ3) is 3.90. The largest absolute Gasteiger partial charge is 0.434 e. The highest BCUT2D eigenvalue weighted by molar-refractivity contribution is 7.11. The molecular formula is C11H14F3N3O2S. The van der Waals surface area contributed by atoms with Crippen molar-refractivity contribution in [3.63, 3.8) is 0 Å². The number of carbonyl (C=O) groups excluding carboxylic acids is 1. The maximum absolute atomic E-state index is 12.6. The van der Waals surface area contributed by atoms with E-state index in [0.29, 0.717) is 37.6 Å². The zero-order valence-corrected chi connectivity index (χ0v) is 11.4. The molecule has 0 bridgehead atoms. The van der Waals surface area contributed by atoms with Crippen LogP contribution in [0.4, 0.5) is 13.2 Å². The van der Waals surface area contributed by atoms with Gasteiger partial charge >= 0.3 is 6.18 Å². The molecule has 1 aliphatic rings. The van der Waals surface area contributed by atoms with E-state index in [1.807, 2.05) is 0 Å². The Morgan fingerprint density at radius 1 is 1.45 bits per heavy atom. The number of halogens is 3. The predicted molar refractivity (Wildman–Crippen MR) is 66.7 cm³/mol. The third-order valence-electron chi connectivity index (χ3n) is 2.86. The third-order valence-corrected chi connectivity index (χ3v) is 3.68. The minimum Gasteiger partial charge on any atom is -0.379 e. The van der Waals surface area contributed by atoms with E-state index in [4.69, 9.17) is 4.74 Å². The molecule has 1 N–H and O–H groups in total. The van der Waals surface area contributed by atoms with Gasteiger partial charge in [0, 0.05) is 26.2 Å². The van der Waals surface area contributed by atoms with Gasteiger partial charge in [0.2, 0.25) is 0 Å². The van der Waals surface area contributed by atoms with Gasteiger partial charge in [-0.05, 0) is 0 Å². The standard InChI is InChI=1S/C11H14F3N3O2S/c12-11(13,14)9-8(20-7-16-9)10(18)15-1-2-17-3-5-19-6-4-17/h7H,1-6H2,(H,15,18). The number of carbonyl (C=O) groups is 1. The van der Waals surface area contributed by atoms with Gasteiger partial charge in [-0.1, -0.05) is 0 Å². The Morgan fingerprint density at radius 2 is 2.15 bits per heavy atom. The normalized spacial score (nSPS) is 17.1. The number of hydrogen-bond donors (Lipinski definition) is 1. The van der Waals surface area contributed by atoms with Crippen molar-refractivity contribution in [1.82, 2.24) is 15.2 Å². The number of morpholine rings is 1. The first-order valence-corrected chi connectivity index (χ1v) is 6.95. The first kappa shape index (κ1) is 15.2. The van der Waals surface area contributed by atoms with E-state index in [1.165, 1.54) is 0 Å². The van der Waals surface area contributed by atoms with Crippen LogP contribution in [0, 0.1) is 0 Å². The van der Waals surface area contributed by atoms with Gasteiger partial charge in [0.25, 0.3) is 5.91 Å². The highest BCUT2D eigenvalue weighted by atomic mass is 32.1. The van der Waals surface area contributed by atoms with Gasteiger partial charge in [0.1, 0.15) is 4.88 Å². The molecule has 0 saturated carbocycles. The number of thiazole rings is 1. The molecule has 0 spiro atoms. The van der Waals surface area contributed by atoms with Gasteiger partial charge in [-0.15, -0.1) is 11.3 Å². The summed E-state index contributed by atoms with van der Waals surface area (Å²) in [5.41, 5.74) is -0.0916. The molecule has 0 unspecified atom stereocenters. The van der Waals surface area contributed by atoms with Crippen LogP contribution in [0.3, 0.4) is 0 Å². The zero-order chi connectivity index (χ0) is 14.6. The summed E-state index contributed by atoms with van der Waals surface area (Å²) in [4.78, 5) is 16.6. The fourth-order valence-corrected chi connectivity index (χ4v) is 2.56. The Morgan fingerprint density at radius 3 is 2.80 bits per heavy atom. The molecule has 9 heteroatoms. The van der Waals surface area contributed by atoms with Crippen LogP contribution in [-0.4, -0.2) is 55.2 Å². The summed E-state index contributed by atoms with van der Waals surface area (Å²) in [6.45, 7) is 3.71. The van der Waals surface area contributed by atoms with Crippen molar-refractivity contribution >= 4 is 17.2 Å². The van der Waals surface area contributed by atoms with Crippen molar-refractivity contribution < 1.29 is 22.7 Å². The molecule has 1 aromatic heterocycles. The molecule has 1 fully saturated rings. The fourth-order valence-electron chi connectivity index (χ4n) is 1.84. The van der Waals surface area contributed by atoms with Crippen LogP contribution in [0.5, 0.6) is 0 Å². The number of alkyl halides is 3. The van der Waals surface area contributed by atoms with E-state index < -0.39 is 17.8 Å². The van der Waals surface area contributed by atoms with Gasteiger partial charge in [0.15, 0.2) is 5.69 Å². The van der Waals surface area contributed by atoms with Crippen molar-refractivity contribution in [3.8, 4) is 0 Å². The zero-order valence-electron chi connectivity index (χ0n) is 10.6. The number of amides is 1. The van der Waals surface area contributed by atoms with E-state index in [9.17, 15) is 18.0 Å². The van der Waals surface area contributed by atoms with Gasteiger partial charge < -0.3 is 10.1 Å². The molecule has 2 rings (SSSR count). The van der Waals surface area contributed by atoms with Crippen LogP contribution >= 0.6 is 11.3 Å². The summed E-state index contributed by atoms with van der Waals surface area (Å²) in [5.74, 6) is -0.729. The van der Waals surface area contributed by atoms with Gasteiger partial charge in [-0.3, -0.25) is 9.69 Å². The van der Waals surface area contributed by atoms with Crippen LogP contribution in [0.2, 0.25) is 0 Å². The van der Waals surface area contributed by atoms with Gasteiger partial charge in [-0.25, -0.2) is 4.98 Å². The average molecular weight is 309 g/mol.